The summed E-state index contributed by atoms with van der Waals surface area (Å²) in [5.74, 6) is -0.968. The summed E-state index contributed by atoms with van der Waals surface area (Å²) in [6, 6.07) is 27.7. The van der Waals surface area contributed by atoms with Crippen LogP contribution in [0.1, 0.15) is 72.2 Å². The lowest BCUT2D eigenvalue weighted by Crippen LogP contribution is -2.45. The minimum atomic E-state index is -3.93. The van der Waals surface area contributed by atoms with Crippen molar-refractivity contribution >= 4 is 53.8 Å². The standard InChI is InChI=1S/2C23H23NO5S/c2*1-15-8-10-16(11-9-15)30(27,28)24-18-7-4-3-6-17(18)20-19(24)14-22(21(25)29-2)12-5-13-23(20,22)26/h2*3-4,6-11,26H,5,12-14H2,1-2H3/t2*22-,23-/m10/s1. The highest BCUT2D eigenvalue weighted by molar-refractivity contribution is 7.90. The van der Waals surface area contributed by atoms with Crippen molar-refractivity contribution in [3.8, 4) is 0 Å². The van der Waals surface area contributed by atoms with E-state index >= 15 is 0 Å². The number of ether oxygens (including phenoxy) is 2. The Morgan fingerprint density at radius 1 is 0.550 bits per heavy atom. The van der Waals surface area contributed by atoms with Crippen molar-refractivity contribution in [2.24, 2.45) is 10.8 Å². The van der Waals surface area contributed by atoms with Gasteiger partial charge in [-0.15, -0.1) is 0 Å². The van der Waals surface area contributed by atoms with E-state index < -0.39 is 54.0 Å². The van der Waals surface area contributed by atoms with Crippen molar-refractivity contribution < 1.29 is 46.1 Å². The summed E-state index contributed by atoms with van der Waals surface area (Å²) in [7, 11) is -5.23. The van der Waals surface area contributed by atoms with Crippen LogP contribution in [-0.4, -0.2) is 61.2 Å². The molecular formula is C46H46N2O10S2. The number of methoxy groups -OCH3 is 2. The first-order valence-corrected chi connectivity index (χ1v) is 22.9. The van der Waals surface area contributed by atoms with Crippen LogP contribution in [-0.2, 0) is 63.2 Å². The Kier molecular flexibility index (Phi) is 9.11. The molecule has 0 bridgehead atoms. The molecule has 14 heteroatoms. The lowest BCUT2D eigenvalue weighted by molar-refractivity contribution is -0.168. The second-order valence-electron chi connectivity index (χ2n) is 16.8. The van der Waals surface area contributed by atoms with Crippen molar-refractivity contribution in [2.75, 3.05) is 14.2 Å². The van der Waals surface area contributed by atoms with E-state index in [1.807, 2.05) is 38.1 Å². The Hall–Kier alpha value is -5.28. The van der Waals surface area contributed by atoms with E-state index in [2.05, 4.69) is 0 Å². The minimum absolute atomic E-state index is 0.130. The predicted octanol–water partition coefficient (Wildman–Crippen LogP) is 6.55. The maximum absolute atomic E-state index is 13.7. The molecule has 0 amide bonds. The van der Waals surface area contributed by atoms with E-state index in [1.54, 1.807) is 72.8 Å². The van der Waals surface area contributed by atoms with Gasteiger partial charge in [0.2, 0.25) is 0 Å². The van der Waals surface area contributed by atoms with Crippen LogP contribution in [0.3, 0.4) is 0 Å². The molecule has 4 aliphatic rings. The summed E-state index contributed by atoms with van der Waals surface area (Å²) < 4.78 is 67.7. The third kappa shape index (κ3) is 5.20. The van der Waals surface area contributed by atoms with Crippen molar-refractivity contribution in [2.45, 2.75) is 86.2 Å². The van der Waals surface area contributed by atoms with Gasteiger partial charge >= 0.3 is 11.9 Å². The maximum atomic E-state index is 13.7. The third-order valence-corrected chi connectivity index (χ3v) is 17.3. The van der Waals surface area contributed by atoms with E-state index in [1.165, 1.54) is 22.2 Å². The van der Waals surface area contributed by atoms with Crippen LogP contribution >= 0.6 is 0 Å². The molecule has 0 radical (unpaired) electrons. The number of hydrogen-bond donors (Lipinski definition) is 2. The van der Waals surface area contributed by atoms with Crippen LogP contribution in [0, 0.1) is 24.7 Å². The molecule has 0 unspecified atom stereocenters. The molecule has 2 aromatic heterocycles. The lowest BCUT2D eigenvalue weighted by Gasteiger charge is -2.34. The molecule has 0 aliphatic heterocycles. The van der Waals surface area contributed by atoms with Gasteiger partial charge in [-0.25, -0.2) is 24.8 Å². The van der Waals surface area contributed by atoms with Crippen LogP contribution in [0.5, 0.6) is 0 Å². The fourth-order valence-electron chi connectivity index (χ4n) is 11.0. The highest BCUT2D eigenvalue weighted by atomic mass is 32.2. The van der Waals surface area contributed by atoms with Gasteiger partial charge in [-0.2, -0.15) is 0 Å². The number of esters is 2. The molecule has 312 valence electrons. The maximum Gasteiger partial charge on any atom is 0.315 e. The zero-order valence-electron chi connectivity index (χ0n) is 33.8. The van der Waals surface area contributed by atoms with Crippen molar-refractivity contribution in [1.29, 1.82) is 0 Å². The van der Waals surface area contributed by atoms with Gasteiger partial charge in [0.05, 0.1) is 35.0 Å². The summed E-state index contributed by atoms with van der Waals surface area (Å²) in [5, 5.41) is 25.0. The van der Waals surface area contributed by atoms with Crippen LogP contribution < -0.4 is 0 Å². The molecule has 4 aliphatic carbocycles. The van der Waals surface area contributed by atoms with Gasteiger partial charge in [0.25, 0.3) is 20.0 Å². The van der Waals surface area contributed by atoms with Gasteiger partial charge in [0, 0.05) is 46.1 Å². The molecule has 2 N–H and O–H groups in total. The fourth-order valence-corrected chi connectivity index (χ4v) is 14.1. The molecule has 4 aromatic carbocycles. The number of carbonyl (C=O) groups is 2. The van der Waals surface area contributed by atoms with Gasteiger partial charge in [-0.05, 0) is 88.8 Å². The van der Waals surface area contributed by atoms with Gasteiger partial charge in [0.1, 0.15) is 22.0 Å². The number of carbonyl (C=O) groups excluding carboxylic acids is 2. The second-order valence-corrected chi connectivity index (χ2v) is 20.3. The van der Waals surface area contributed by atoms with Crippen LogP contribution in [0.25, 0.3) is 21.8 Å². The molecule has 6 aromatic rings. The van der Waals surface area contributed by atoms with Gasteiger partial charge < -0.3 is 19.7 Å². The SMILES string of the molecule is COC(=O)[C@@]12CCC[C@]1(O)c1c(n(S(=O)(=O)c3ccc(C)cc3)c3ccccc13)C2.COC(=O)[C@]12CCC[C@@]1(O)c1c(n(S(=O)(=O)c3ccc(C)cc3)c3ccccc13)C2. The average molecular weight is 851 g/mol. The lowest BCUT2D eigenvalue weighted by atomic mass is 9.74. The quantitative estimate of drug-likeness (QED) is 0.175. The number of nitrogens with zero attached hydrogens (tertiary/aromatic N) is 2. The molecule has 2 saturated carbocycles. The summed E-state index contributed by atoms with van der Waals surface area (Å²) in [6.45, 7) is 3.80. The number of aryl methyl sites for hydroxylation is 2. The molecule has 60 heavy (non-hydrogen) atoms. The minimum Gasteiger partial charge on any atom is -0.468 e. The van der Waals surface area contributed by atoms with Crippen molar-refractivity contribution in [1.82, 2.24) is 7.94 Å². The number of rotatable bonds is 6. The zero-order valence-corrected chi connectivity index (χ0v) is 35.4. The largest absolute Gasteiger partial charge is 0.468 e. The van der Waals surface area contributed by atoms with Crippen LogP contribution in [0.2, 0.25) is 0 Å². The molecule has 4 atom stereocenters. The normalized spacial score (nSPS) is 25.3. The van der Waals surface area contributed by atoms with Crippen LogP contribution in [0.15, 0.2) is 107 Å². The Labute approximate surface area is 348 Å². The Balaban J connectivity index is 0.000000154. The van der Waals surface area contributed by atoms with Gasteiger partial charge in [-0.3, -0.25) is 9.59 Å². The molecule has 12 nitrogen and oxygen atoms in total. The van der Waals surface area contributed by atoms with E-state index in [4.69, 9.17) is 9.47 Å². The van der Waals surface area contributed by atoms with Gasteiger partial charge in [0.15, 0.2) is 0 Å². The zero-order chi connectivity index (χ0) is 42.6. The number of aromatic nitrogens is 2. The summed E-state index contributed by atoms with van der Waals surface area (Å²) >= 11 is 0. The van der Waals surface area contributed by atoms with E-state index in [-0.39, 0.29) is 22.6 Å². The van der Waals surface area contributed by atoms with Crippen molar-refractivity contribution in [3.63, 3.8) is 0 Å². The fraction of sp³-hybridized carbons (Fsp3) is 0.348. The Morgan fingerprint density at radius 2 is 0.900 bits per heavy atom. The Bertz CT molecular complexity index is 2790. The molecule has 2 heterocycles. The topological polar surface area (TPSA) is 171 Å². The predicted molar refractivity (Wildman–Crippen MR) is 223 cm³/mol. The number of aliphatic hydroxyl groups is 2. The Morgan fingerprint density at radius 3 is 1.25 bits per heavy atom. The average Bonchev–Trinajstić information content (AvgIpc) is 4.03. The monoisotopic (exact) mass is 850 g/mol. The highest BCUT2D eigenvalue weighted by Crippen LogP contribution is 2.64. The first-order chi connectivity index (χ1) is 28.5. The molecule has 0 saturated heterocycles. The first kappa shape index (κ1) is 40.1. The molecule has 10 rings (SSSR count). The highest BCUT2D eigenvalue weighted by Gasteiger charge is 2.68. The second kappa shape index (κ2) is 13.6. The number of fused-ring (bicyclic) bond motifs is 10. The van der Waals surface area contributed by atoms with E-state index in [0.29, 0.717) is 82.8 Å². The molecule has 0 spiro atoms. The first-order valence-electron chi connectivity index (χ1n) is 20.0. The van der Waals surface area contributed by atoms with E-state index in [9.17, 15) is 36.6 Å². The summed E-state index contributed by atoms with van der Waals surface area (Å²) in [5.41, 5.74) is -0.172. The van der Waals surface area contributed by atoms with Crippen LogP contribution in [0.4, 0.5) is 0 Å². The van der Waals surface area contributed by atoms with Crippen molar-refractivity contribution in [3.05, 3.63) is 131 Å². The molecular weight excluding hydrogens is 805 g/mol. The summed E-state index contributed by atoms with van der Waals surface area (Å²) in [4.78, 5) is 26.1. The number of hydrogen-bond acceptors (Lipinski definition) is 10. The molecule has 2 fully saturated rings. The third-order valence-electron chi connectivity index (χ3n) is 13.8. The number of benzene rings is 4. The van der Waals surface area contributed by atoms with E-state index in [0.717, 1.165) is 11.1 Å². The van der Waals surface area contributed by atoms with Gasteiger partial charge in [-0.1, -0.05) is 71.8 Å². The number of para-hydroxylation sites is 2. The summed E-state index contributed by atoms with van der Waals surface area (Å²) in [6.07, 6.45) is 3.33. The smallest absolute Gasteiger partial charge is 0.315 e.